The van der Waals surface area contributed by atoms with E-state index in [1.54, 1.807) is 0 Å². The van der Waals surface area contributed by atoms with Crippen LogP contribution in [0.15, 0.2) is 24.3 Å². The number of unbranched alkanes of at least 4 members (excludes halogenated alkanes) is 2. The molecule has 110 valence electrons. The molecule has 0 atom stereocenters. The van der Waals surface area contributed by atoms with E-state index in [2.05, 4.69) is 22.8 Å². The zero-order valence-corrected chi connectivity index (χ0v) is 12.3. The van der Waals surface area contributed by atoms with Gasteiger partial charge in [-0.3, -0.25) is 0 Å². The van der Waals surface area contributed by atoms with Crippen LogP contribution in [0.5, 0.6) is 0 Å². The summed E-state index contributed by atoms with van der Waals surface area (Å²) in [4.78, 5) is 4.77. The van der Waals surface area contributed by atoms with E-state index in [1.807, 2.05) is 13.0 Å². The molecule has 0 amide bonds. The molecule has 0 aliphatic heterocycles. The molecule has 0 fully saturated rings. The summed E-state index contributed by atoms with van der Waals surface area (Å²) in [6, 6.07) is 8.33. The third-order valence-electron chi connectivity index (χ3n) is 3.50. The van der Waals surface area contributed by atoms with Crippen molar-refractivity contribution >= 4 is 11.0 Å². The molecule has 4 nitrogen and oxygen atoms in total. The number of aryl methyl sites for hydroxylation is 1. The molecule has 1 aromatic heterocycles. The van der Waals surface area contributed by atoms with E-state index in [-0.39, 0.29) is 0 Å². The lowest BCUT2D eigenvalue weighted by Gasteiger charge is -2.09. The summed E-state index contributed by atoms with van der Waals surface area (Å²) in [7, 11) is 0. The minimum atomic E-state index is 0.743. The minimum Gasteiger partial charge on any atom is -0.380 e. The largest absolute Gasteiger partial charge is 0.380 e. The second kappa shape index (κ2) is 8.02. The number of benzene rings is 1. The van der Waals surface area contributed by atoms with Crippen LogP contribution in [0.1, 0.15) is 32.0 Å². The summed E-state index contributed by atoms with van der Waals surface area (Å²) >= 11 is 0. The molecule has 1 aromatic carbocycles. The Morgan fingerprint density at radius 2 is 2.05 bits per heavy atom. The summed E-state index contributed by atoms with van der Waals surface area (Å²) in [6.45, 7) is 5.19. The van der Waals surface area contributed by atoms with Gasteiger partial charge in [0.2, 0.25) is 0 Å². The SMILES string of the molecule is CCOCCn1c(CCCCCN)nc2ccccc21. The highest BCUT2D eigenvalue weighted by Crippen LogP contribution is 2.17. The van der Waals surface area contributed by atoms with Crippen molar-refractivity contribution in [3.63, 3.8) is 0 Å². The molecular weight excluding hydrogens is 250 g/mol. The first-order valence-corrected chi connectivity index (χ1v) is 7.58. The van der Waals surface area contributed by atoms with Crippen LogP contribution in [0.3, 0.4) is 0 Å². The average molecular weight is 275 g/mol. The number of hydrogen-bond acceptors (Lipinski definition) is 3. The van der Waals surface area contributed by atoms with E-state index in [9.17, 15) is 0 Å². The van der Waals surface area contributed by atoms with Crippen molar-refractivity contribution in [1.82, 2.24) is 9.55 Å². The van der Waals surface area contributed by atoms with E-state index < -0.39 is 0 Å². The summed E-state index contributed by atoms with van der Waals surface area (Å²) in [5.74, 6) is 1.17. The molecule has 4 heteroatoms. The number of hydrogen-bond donors (Lipinski definition) is 1. The maximum atomic E-state index is 5.54. The second-order valence-corrected chi connectivity index (χ2v) is 4.96. The zero-order valence-electron chi connectivity index (χ0n) is 12.3. The quantitative estimate of drug-likeness (QED) is 0.716. The van der Waals surface area contributed by atoms with E-state index in [4.69, 9.17) is 15.5 Å². The fourth-order valence-electron chi connectivity index (χ4n) is 2.47. The standard InChI is InChI=1S/C16H25N3O/c1-2-20-13-12-19-15-9-6-5-8-14(15)18-16(19)10-4-3-7-11-17/h5-6,8-9H,2-4,7,10-13,17H2,1H3. The van der Waals surface area contributed by atoms with Crippen molar-refractivity contribution in [2.45, 2.75) is 39.2 Å². The van der Waals surface area contributed by atoms with E-state index in [0.717, 1.165) is 51.1 Å². The Bertz CT molecular complexity index is 521. The van der Waals surface area contributed by atoms with Crippen LogP contribution in [0.2, 0.25) is 0 Å². The Kier molecular flexibility index (Phi) is 6.02. The van der Waals surface area contributed by atoms with Gasteiger partial charge in [-0.05, 0) is 38.4 Å². The molecule has 1 heterocycles. The molecule has 0 unspecified atom stereocenters. The molecule has 20 heavy (non-hydrogen) atoms. The molecule has 0 saturated carbocycles. The number of rotatable bonds is 9. The van der Waals surface area contributed by atoms with Gasteiger partial charge in [0.15, 0.2) is 0 Å². The van der Waals surface area contributed by atoms with Crippen LogP contribution in [0.25, 0.3) is 11.0 Å². The molecular formula is C16H25N3O. The van der Waals surface area contributed by atoms with Gasteiger partial charge in [-0.25, -0.2) is 4.98 Å². The number of para-hydroxylation sites is 2. The third-order valence-corrected chi connectivity index (χ3v) is 3.50. The summed E-state index contributed by atoms with van der Waals surface area (Å²) in [5.41, 5.74) is 7.83. The second-order valence-electron chi connectivity index (χ2n) is 4.96. The summed E-state index contributed by atoms with van der Waals surface area (Å²) < 4.78 is 7.79. The Labute approximate surface area is 120 Å². The first-order chi connectivity index (χ1) is 9.86. The number of nitrogens with two attached hydrogens (primary N) is 1. The molecule has 2 N–H and O–H groups in total. The van der Waals surface area contributed by atoms with Crippen LogP contribution in [-0.4, -0.2) is 29.3 Å². The number of imidazole rings is 1. The Balaban J connectivity index is 2.11. The van der Waals surface area contributed by atoms with Gasteiger partial charge in [-0.15, -0.1) is 0 Å². The van der Waals surface area contributed by atoms with Gasteiger partial charge in [-0.1, -0.05) is 18.6 Å². The average Bonchev–Trinajstić information content (AvgIpc) is 2.82. The van der Waals surface area contributed by atoms with Crippen LogP contribution in [0.4, 0.5) is 0 Å². The van der Waals surface area contributed by atoms with Crippen molar-refractivity contribution in [1.29, 1.82) is 0 Å². The zero-order chi connectivity index (χ0) is 14.2. The lowest BCUT2D eigenvalue weighted by Crippen LogP contribution is -2.09. The van der Waals surface area contributed by atoms with Gasteiger partial charge < -0.3 is 15.0 Å². The van der Waals surface area contributed by atoms with E-state index in [0.29, 0.717) is 0 Å². The highest BCUT2D eigenvalue weighted by molar-refractivity contribution is 5.75. The Morgan fingerprint density at radius 1 is 1.20 bits per heavy atom. The Hall–Kier alpha value is -1.39. The number of ether oxygens (including phenoxy) is 1. The number of fused-ring (bicyclic) bond motifs is 1. The lowest BCUT2D eigenvalue weighted by molar-refractivity contribution is 0.139. The van der Waals surface area contributed by atoms with Crippen molar-refractivity contribution in [2.24, 2.45) is 5.73 Å². The van der Waals surface area contributed by atoms with E-state index >= 15 is 0 Å². The molecule has 0 aliphatic rings. The minimum absolute atomic E-state index is 0.743. The molecule has 0 spiro atoms. The van der Waals surface area contributed by atoms with Gasteiger partial charge in [0.05, 0.1) is 17.6 Å². The first-order valence-electron chi connectivity index (χ1n) is 7.58. The normalized spacial score (nSPS) is 11.3. The maximum Gasteiger partial charge on any atom is 0.109 e. The summed E-state index contributed by atoms with van der Waals surface area (Å²) in [6.07, 6.45) is 4.43. The smallest absolute Gasteiger partial charge is 0.109 e. The fraction of sp³-hybridized carbons (Fsp3) is 0.562. The monoisotopic (exact) mass is 275 g/mol. The number of nitrogens with zero attached hydrogens (tertiary/aromatic N) is 2. The van der Waals surface area contributed by atoms with Crippen molar-refractivity contribution in [2.75, 3.05) is 19.8 Å². The van der Waals surface area contributed by atoms with E-state index in [1.165, 1.54) is 17.8 Å². The fourth-order valence-corrected chi connectivity index (χ4v) is 2.47. The van der Waals surface area contributed by atoms with Crippen molar-refractivity contribution in [3.8, 4) is 0 Å². The van der Waals surface area contributed by atoms with Crippen LogP contribution < -0.4 is 5.73 Å². The molecule has 0 saturated heterocycles. The van der Waals surface area contributed by atoms with Gasteiger partial charge in [-0.2, -0.15) is 0 Å². The summed E-state index contributed by atoms with van der Waals surface area (Å²) in [5, 5.41) is 0. The van der Waals surface area contributed by atoms with Crippen LogP contribution >= 0.6 is 0 Å². The van der Waals surface area contributed by atoms with Crippen LogP contribution in [-0.2, 0) is 17.7 Å². The third kappa shape index (κ3) is 3.81. The molecule has 0 aliphatic carbocycles. The van der Waals surface area contributed by atoms with Gasteiger partial charge >= 0.3 is 0 Å². The van der Waals surface area contributed by atoms with Gasteiger partial charge in [0, 0.05) is 19.6 Å². The topological polar surface area (TPSA) is 53.1 Å². The first kappa shape index (κ1) is 15.0. The van der Waals surface area contributed by atoms with Crippen molar-refractivity contribution < 1.29 is 4.74 Å². The lowest BCUT2D eigenvalue weighted by atomic mass is 10.2. The predicted octanol–water partition coefficient (Wildman–Crippen LogP) is 2.74. The highest BCUT2D eigenvalue weighted by Gasteiger charge is 2.09. The molecule has 2 aromatic rings. The highest BCUT2D eigenvalue weighted by atomic mass is 16.5. The predicted molar refractivity (Wildman–Crippen MR) is 82.8 cm³/mol. The van der Waals surface area contributed by atoms with Crippen molar-refractivity contribution in [3.05, 3.63) is 30.1 Å². The maximum absolute atomic E-state index is 5.54. The molecule has 2 rings (SSSR count). The van der Waals surface area contributed by atoms with Gasteiger partial charge in [0.25, 0.3) is 0 Å². The Morgan fingerprint density at radius 3 is 2.85 bits per heavy atom. The molecule has 0 bridgehead atoms. The van der Waals surface area contributed by atoms with Crippen LogP contribution in [0, 0.1) is 0 Å². The molecule has 0 radical (unpaired) electrons. The van der Waals surface area contributed by atoms with Gasteiger partial charge in [0.1, 0.15) is 5.82 Å². The number of aromatic nitrogens is 2.